The van der Waals surface area contributed by atoms with E-state index in [-0.39, 0.29) is 23.9 Å². The number of carbonyl (C=O) groups is 1. The van der Waals surface area contributed by atoms with Gasteiger partial charge in [-0.2, -0.15) is 0 Å². The molecule has 1 saturated carbocycles. The minimum atomic E-state index is 0.000581. The van der Waals surface area contributed by atoms with Gasteiger partial charge in [-0.1, -0.05) is 17.7 Å². The highest BCUT2D eigenvalue weighted by molar-refractivity contribution is 5.79. The third kappa shape index (κ3) is 4.23. The van der Waals surface area contributed by atoms with Gasteiger partial charge in [-0.05, 0) is 45.2 Å². The number of amides is 1. The number of hydrogen-bond donors (Lipinski definition) is 2. The van der Waals surface area contributed by atoms with Crippen molar-refractivity contribution in [3.05, 3.63) is 29.8 Å². The van der Waals surface area contributed by atoms with Gasteiger partial charge in [-0.25, -0.2) is 0 Å². The summed E-state index contributed by atoms with van der Waals surface area (Å²) >= 11 is 0. The molecule has 20 heavy (non-hydrogen) atoms. The maximum atomic E-state index is 12.0. The van der Waals surface area contributed by atoms with E-state index in [2.05, 4.69) is 5.32 Å². The zero-order chi connectivity index (χ0) is 14.5. The number of hydrogen-bond acceptors (Lipinski definition) is 3. The molecule has 1 amide bonds. The molecule has 4 heteroatoms. The van der Waals surface area contributed by atoms with Gasteiger partial charge in [0.05, 0.1) is 6.04 Å². The first-order chi connectivity index (χ1) is 9.54. The van der Waals surface area contributed by atoms with E-state index in [1.54, 1.807) is 0 Å². The molecule has 1 aromatic carbocycles. The molecule has 1 aliphatic carbocycles. The Morgan fingerprint density at radius 3 is 2.70 bits per heavy atom. The molecule has 0 bridgehead atoms. The highest BCUT2D eigenvalue weighted by Crippen LogP contribution is 2.24. The lowest BCUT2D eigenvalue weighted by atomic mass is 10.1. The van der Waals surface area contributed by atoms with E-state index in [1.807, 2.05) is 38.1 Å². The van der Waals surface area contributed by atoms with Crippen molar-refractivity contribution in [1.29, 1.82) is 0 Å². The smallest absolute Gasteiger partial charge is 0.223 e. The largest absolute Gasteiger partial charge is 0.491 e. The number of carbonyl (C=O) groups excluding carboxylic acids is 1. The molecule has 3 unspecified atom stereocenters. The second kappa shape index (κ2) is 6.75. The van der Waals surface area contributed by atoms with Crippen LogP contribution in [0.4, 0.5) is 0 Å². The number of nitrogens with two attached hydrogens (primary N) is 1. The summed E-state index contributed by atoms with van der Waals surface area (Å²) in [5, 5.41) is 3.00. The predicted molar refractivity (Wildman–Crippen MR) is 79.6 cm³/mol. The SMILES string of the molecule is Cc1ccc(OCC(C)NC(=O)C2CCC(N)C2)cc1. The minimum Gasteiger partial charge on any atom is -0.491 e. The van der Waals surface area contributed by atoms with E-state index in [0.717, 1.165) is 25.0 Å². The van der Waals surface area contributed by atoms with Crippen LogP contribution in [-0.4, -0.2) is 24.6 Å². The molecule has 0 spiro atoms. The van der Waals surface area contributed by atoms with Crippen LogP contribution >= 0.6 is 0 Å². The Hall–Kier alpha value is -1.55. The topological polar surface area (TPSA) is 64.3 Å². The highest BCUT2D eigenvalue weighted by atomic mass is 16.5. The van der Waals surface area contributed by atoms with Gasteiger partial charge >= 0.3 is 0 Å². The summed E-state index contributed by atoms with van der Waals surface area (Å²) in [6.45, 7) is 4.48. The summed E-state index contributed by atoms with van der Waals surface area (Å²) in [6, 6.07) is 8.10. The van der Waals surface area contributed by atoms with E-state index in [0.29, 0.717) is 6.61 Å². The summed E-state index contributed by atoms with van der Waals surface area (Å²) in [7, 11) is 0. The van der Waals surface area contributed by atoms with Crippen LogP contribution in [0.2, 0.25) is 0 Å². The van der Waals surface area contributed by atoms with Crippen molar-refractivity contribution >= 4 is 5.91 Å². The lowest BCUT2D eigenvalue weighted by molar-refractivity contribution is -0.125. The van der Waals surface area contributed by atoms with Gasteiger partial charge in [0.2, 0.25) is 5.91 Å². The van der Waals surface area contributed by atoms with Crippen molar-refractivity contribution in [1.82, 2.24) is 5.32 Å². The van der Waals surface area contributed by atoms with E-state index < -0.39 is 0 Å². The van der Waals surface area contributed by atoms with Crippen LogP contribution in [0.25, 0.3) is 0 Å². The number of aryl methyl sites for hydroxylation is 1. The Morgan fingerprint density at radius 1 is 1.40 bits per heavy atom. The Bertz CT molecular complexity index is 444. The van der Waals surface area contributed by atoms with Crippen molar-refractivity contribution in [2.24, 2.45) is 11.7 Å². The molecule has 0 heterocycles. The van der Waals surface area contributed by atoms with Crippen LogP contribution in [0.1, 0.15) is 31.7 Å². The quantitative estimate of drug-likeness (QED) is 0.864. The highest BCUT2D eigenvalue weighted by Gasteiger charge is 2.28. The Labute approximate surface area is 120 Å². The van der Waals surface area contributed by atoms with Crippen LogP contribution < -0.4 is 15.8 Å². The molecule has 3 atom stereocenters. The minimum absolute atomic E-state index is 0.000581. The van der Waals surface area contributed by atoms with Crippen molar-refractivity contribution in [2.45, 2.75) is 45.2 Å². The summed E-state index contributed by atoms with van der Waals surface area (Å²) in [6.07, 6.45) is 2.66. The summed E-state index contributed by atoms with van der Waals surface area (Å²) < 4.78 is 5.67. The number of benzene rings is 1. The van der Waals surface area contributed by atoms with Crippen LogP contribution in [-0.2, 0) is 4.79 Å². The molecule has 0 aromatic heterocycles. The van der Waals surface area contributed by atoms with Gasteiger partial charge in [-0.15, -0.1) is 0 Å². The zero-order valence-electron chi connectivity index (χ0n) is 12.3. The second-order valence-electron chi connectivity index (χ2n) is 5.80. The normalized spacial score (nSPS) is 23.4. The molecular formula is C16H24N2O2. The van der Waals surface area contributed by atoms with Crippen LogP contribution in [0, 0.1) is 12.8 Å². The number of rotatable bonds is 5. The Kier molecular flexibility index (Phi) is 5.01. The molecule has 4 nitrogen and oxygen atoms in total. The third-order valence-corrected chi connectivity index (χ3v) is 3.75. The Morgan fingerprint density at radius 2 is 2.10 bits per heavy atom. The van der Waals surface area contributed by atoms with Crippen LogP contribution in [0.5, 0.6) is 5.75 Å². The maximum Gasteiger partial charge on any atom is 0.223 e. The fourth-order valence-electron chi connectivity index (χ4n) is 2.51. The van der Waals surface area contributed by atoms with Crippen molar-refractivity contribution in [3.63, 3.8) is 0 Å². The lowest BCUT2D eigenvalue weighted by Crippen LogP contribution is -2.40. The molecule has 1 aliphatic rings. The van der Waals surface area contributed by atoms with E-state index >= 15 is 0 Å². The van der Waals surface area contributed by atoms with Crippen molar-refractivity contribution < 1.29 is 9.53 Å². The summed E-state index contributed by atoms with van der Waals surface area (Å²) in [4.78, 5) is 12.0. The molecule has 3 N–H and O–H groups in total. The first-order valence-corrected chi connectivity index (χ1v) is 7.30. The van der Waals surface area contributed by atoms with Gasteiger partial charge in [0.1, 0.15) is 12.4 Å². The van der Waals surface area contributed by atoms with Gasteiger partial charge in [0.15, 0.2) is 0 Å². The van der Waals surface area contributed by atoms with Gasteiger partial charge in [0.25, 0.3) is 0 Å². The molecule has 1 aromatic rings. The molecule has 2 rings (SSSR count). The monoisotopic (exact) mass is 276 g/mol. The first kappa shape index (κ1) is 14.9. The average molecular weight is 276 g/mol. The molecule has 0 radical (unpaired) electrons. The van der Waals surface area contributed by atoms with Gasteiger partial charge < -0.3 is 15.8 Å². The molecule has 1 fully saturated rings. The van der Waals surface area contributed by atoms with E-state index in [9.17, 15) is 4.79 Å². The van der Waals surface area contributed by atoms with Crippen molar-refractivity contribution in [2.75, 3.05) is 6.61 Å². The standard InChI is InChI=1S/C16H24N2O2/c1-11-3-7-15(8-4-11)20-10-12(2)18-16(19)13-5-6-14(17)9-13/h3-4,7-8,12-14H,5-6,9-10,17H2,1-2H3,(H,18,19). The summed E-state index contributed by atoms with van der Waals surface area (Å²) in [5.41, 5.74) is 7.04. The first-order valence-electron chi connectivity index (χ1n) is 7.30. The second-order valence-corrected chi connectivity index (χ2v) is 5.80. The van der Waals surface area contributed by atoms with E-state index in [4.69, 9.17) is 10.5 Å². The number of nitrogens with one attached hydrogen (secondary N) is 1. The average Bonchev–Trinajstić information content (AvgIpc) is 2.85. The maximum absolute atomic E-state index is 12.0. The molecule has 0 saturated heterocycles. The zero-order valence-corrected chi connectivity index (χ0v) is 12.3. The molecule has 110 valence electrons. The van der Waals surface area contributed by atoms with Crippen LogP contribution in [0.3, 0.4) is 0 Å². The number of ether oxygens (including phenoxy) is 1. The van der Waals surface area contributed by atoms with E-state index in [1.165, 1.54) is 5.56 Å². The molecular weight excluding hydrogens is 252 g/mol. The predicted octanol–water partition coefficient (Wildman–Crippen LogP) is 2.01. The van der Waals surface area contributed by atoms with Gasteiger partial charge in [-0.3, -0.25) is 4.79 Å². The Balaban J connectivity index is 1.73. The van der Waals surface area contributed by atoms with Crippen molar-refractivity contribution in [3.8, 4) is 5.75 Å². The fourth-order valence-corrected chi connectivity index (χ4v) is 2.51. The lowest BCUT2D eigenvalue weighted by Gasteiger charge is -2.17. The summed E-state index contributed by atoms with van der Waals surface area (Å²) in [5.74, 6) is 1.02. The molecule has 0 aliphatic heterocycles. The van der Waals surface area contributed by atoms with Gasteiger partial charge in [0, 0.05) is 12.0 Å². The fraction of sp³-hybridized carbons (Fsp3) is 0.562. The third-order valence-electron chi connectivity index (χ3n) is 3.75. The van der Waals surface area contributed by atoms with Crippen LogP contribution in [0.15, 0.2) is 24.3 Å².